The molecule has 1 amide bonds. The maximum atomic E-state index is 12.1. The summed E-state index contributed by atoms with van der Waals surface area (Å²) >= 11 is 0. The molecule has 4 nitrogen and oxygen atoms in total. The predicted octanol–water partition coefficient (Wildman–Crippen LogP) is 3.12. The Morgan fingerprint density at radius 3 is 2.79 bits per heavy atom. The molecular formula is C15H21NO3. The van der Waals surface area contributed by atoms with Crippen LogP contribution in [-0.4, -0.2) is 29.7 Å². The van der Waals surface area contributed by atoms with Crippen molar-refractivity contribution in [2.45, 2.75) is 39.8 Å². The van der Waals surface area contributed by atoms with Crippen LogP contribution >= 0.6 is 0 Å². The van der Waals surface area contributed by atoms with Gasteiger partial charge in [0.2, 0.25) is 0 Å². The van der Waals surface area contributed by atoms with Gasteiger partial charge in [0.15, 0.2) is 0 Å². The van der Waals surface area contributed by atoms with Crippen LogP contribution in [-0.2, 0) is 11.3 Å². The van der Waals surface area contributed by atoms with Gasteiger partial charge >= 0.3 is 6.09 Å². The number of fused-ring (bicyclic) bond motifs is 1. The summed E-state index contributed by atoms with van der Waals surface area (Å²) in [5.74, 6) is 0.858. The van der Waals surface area contributed by atoms with E-state index in [9.17, 15) is 4.79 Å². The van der Waals surface area contributed by atoms with Gasteiger partial charge in [0, 0.05) is 5.56 Å². The van der Waals surface area contributed by atoms with Crippen molar-refractivity contribution in [3.05, 3.63) is 29.3 Å². The molecule has 1 aliphatic rings. The number of carbonyl (C=O) groups excluding carboxylic acids is 1. The van der Waals surface area contributed by atoms with Gasteiger partial charge < -0.3 is 14.4 Å². The number of nitrogens with zero attached hydrogens (tertiary/aromatic N) is 1. The molecule has 0 bridgehead atoms. The first-order valence-electron chi connectivity index (χ1n) is 6.55. The molecular weight excluding hydrogens is 242 g/mol. The Morgan fingerprint density at radius 2 is 2.11 bits per heavy atom. The summed E-state index contributed by atoms with van der Waals surface area (Å²) in [4.78, 5) is 13.8. The molecule has 0 atom stereocenters. The van der Waals surface area contributed by atoms with Crippen LogP contribution in [0.1, 0.15) is 31.9 Å². The van der Waals surface area contributed by atoms with Crippen molar-refractivity contribution in [3.63, 3.8) is 0 Å². The third kappa shape index (κ3) is 3.63. The molecule has 1 heterocycles. The maximum absolute atomic E-state index is 12.1. The Balaban J connectivity index is 2.15. The summed E-state index contributed by atoms with van der Waals surface area (Å²) in [5, 5.41) is 0. The van der Waals surface area contributed by atoms with Gasteiger partial charge in [-0.2, -0.15) is 0 Å². The lowest BCUT2D eigenvalue weighted by atomic mass is 10.1. The zero-order valence-corrected chi connectivity index (χ0v) is 12.0. The molecule has 0 saturated heterocycles. The van der Waals surface area contributed by atoms with E-state index < -0.39 is 5.60 Å². The number of rotatable bonds is 0. The van der Waals surface area contributed by atoms with Crippen molar-refractivity contribution < 1.29 is 14.3 Å². The molecule has 1 aliphatic heterocycles. The lowest BCUT2D eigenvalue weighted by Gasteiger charge is -2.26. The third-order valence-electron chi connectivity index (χ3n) is 2.85. The number of hydrogen-bond acceptors (Lipinski definition) is 3. The largest absolute Gasteiger partial charge is 0.491 e. The van der Waals surface area contributed by atoms with Crippen LogP contribution in [0.5, 0.6) is 5.75 Å². The van der Waals surface area contributed by atoms with E-state index in [1.807, 2.05) is 39.8 Å². The van der Waals surface area contributed by atoms with Crippen LogP contribution in [0.15, 0.2) is 18.2 Å². The third-order valence-corrected chi connectivity index (χ3v) is 2.85. The van der Waals surface area contributed by atoms with Gasteiger partial charge in [0.25, 0.3) is 0 Å². The van der Waals surface area contributed by atoms with E-state index in [0.29, 0.717) is 19.7 Å². The van der Waals surface area contributed by atoms with E-state index in [0.717, 1.165) is 16.9 Å². The minimum Gasteiger partial charge on any atom is -0.491 e. The number of benzene rings is 1. The summed E-state index contributed by atoms with van der Waals surface area (Å²) in [6.45, 7) is 9.22. The quantitative estimate of drug-likeness (QED) is 0.722. The highest BCUT2D eigenvalue weighted by molar-refractivity contribution is 5.68. The van der Waals surface area contributed by atoms with Gasteiger partial charge in [-0.1, -0.05) is 17.7 Å². The first kappa shape index (κ1) is 13.7. The molecule has 19 heavy (non-hydrogen) atoms. The van der Waals surface area contributed by atoms with E-state index in [4.69, 9.17) is 9.47 Å². The zero-order valence-electron chi connectivity index (χ0n) is 12.0. The molecule has 0 aliphatic carbocycles. The molecule has 0 fully saturated rings. The molecule has 0 aromatic heterocycles. The van der Waals surface area contributed by atoms with E-state index in [1.54, 1.807) is 4.90 Å². The van der Waals surface area contributed by atoms with E-state index >= 15 is 0 Å². The van der Waals surface area contributed by atoms with Crippen molar-refractivity contribution in [1.29, 1.82) is 0 Å². The van der Waals surface area contributed by atoms with E-state index in [1.165, 1.54) is 0 Å². The van der Waals surface area contributed by atoms with Crippen LogP contribution in [0.3, 0.4) is 0 Å². The monoisotopic (exact) mass is 263 g/mol. The van der Waals surface area contributed by atoms with Gasteiger partial charge in [0.1, 0.15) is 18.0 Å². The van der Waals surface area contributed by atoms with Gasteiger partial charge in [0.05, 0.1) is 13.1 Å². The Labute approximate surface area is 114 Å². The average molecular weight is 263 g/mol. The van der Waals surface area contributed by atoms with Crippen molar-refractivity contribution in [2.75, 3.05) is 13.2 Å². The summed E-state index contributed by atoms with van der Waals surface area (Å²) < 4.78 is 11.1. The standard InChI is InChI=1S/C15H21NO3/c1-11-5-6-13-12(9-11)10-16(7-8-18-13)14(17)19-15(2,3)4/h5-6,9H,7-8,10H2,1-4H3. The summed E-state index contributed by atoms with van der Waals surface area (Å²) in [6, 6.07) is 6.03. The lowest BCUT2D eigenvalue weighted by Crippen LogP contribution is -2.37. The van der Waals surface area contributed by atoms with Crippen molar-refractivity contribution in [2.24, 2.45) is 0 Å². The highest BCUT2D eigenvalue weighted by Crippen LogP contribution is 2.25. The fourth-order valence-electron chi connectivity index (χ4n) is 2.01. The van der Waals surface area contributed by atoms with E-state index in [-0.39, 0.29) is 6.09 Å². The minimum atomic E-state index is -0.473. The molecule has 1 aromatic rings. The van der Waals surface area contributed by atoms with Gasteiger partial charge in [-0.25, -0.2) is 4.79 Å². The highest BCUT2D eigenvalue weighted by atomic mass is 16.6. The Bertz CT molecular complexity index is 477. The molecule has 2 rings (SSSR count). The van der Waals surface area contributed by atoms with Crippen LogP contribution < -0.4 is 4.74 Å². The number of hydrogen-bond donors (Lipinski definition) is 0. The smallest absolute Gasteiger partial charge is 0.410 e. The number of ether oxygens (including phenoxy) is 2. The van der Waals surface area contributed by atoms with Crippen molar-refractivity contribution in [3.8, 4) is 5.75 Å². The Morgan fingerprint density at radius 1 is 1.37 bits per heavy atom. The SMILES string of the molecule is Cc1ccc2c(c1)CN(C(=O)OC(C)(C)C)CCO2. The first-order valence-corrected chi connectivity index (χ1v) is 6.55. The minimum absolute atomic E-state index is 0.287. The first-order chi connectivity index (χ1) is 8.85. The number of amides is 1. The molecule has 0 radical (unpaired) electrons. The Kier molecular flexibility index (Phi) is 3.69. The second kappa shape index (κ2) is 5.11. The highest BCUT2D eigenvalue weighted by Gasteiger charge is 2.24. The average Bonchev–Trinajstić information content (AvgIpc) is 2.48. The predicted molar refractivity (Wildman–Crippen MR) is 73.3 cm³/mol. The van der Waals surface area contributed by atoms with Crippen LogP contribution in [0, 0.1) is 6.92 Å². The summed E-state index contributed by atoms with van der Waals surface area (Å²) in [7, 11) is 0. The maximum Gasteiger partial charge on any atom is 0.410 e. The number of carbonyl (C=O) groups is 1. The molecule has 4 heteroatoms. The molecule has 0 unspecified atom stereocenters. The second-order valence-electron chi connectivity index (χ2n) is 5.86. The van der Waals surface area contributed by atoms with Crippen LogP contribution in [0.2, 0.25) is 0 Å². The topological polar surface area (TPSA) is 38.8 Å². The molecule has 104 valence electrons. The van der Waals surface area contributed by atoms with Gasteiger partial charge in [-0.15, -0.1) is 0 Å². The molecule has 0 N–H and O–H groups in total. The normalized spacial score (nSPS) is 15.3. The lowest BCUT2D eigenvalue weighted by molar-refractivity contribution is 0.0225. The van der Waals surface area contributed by atoms with E-state index in [2.05, 4.69) is 6.07 Å². The summed E-state index contributed by atoms with van der Waals surface area (Å²) in [6.07, 6.45) is -0.287. The van der Waals surface area contributed by atoms with Gasteiger partial charge in [-0.05, 0) is 33.8 Å². The van der Waals surface area contributed by atoms with Crippen LogP contribution in [0.25, 0.3) is 0 Å². The molecule has 0 spiro atoms. The fraction of sp³-hybridized carbons (Fsp3) is 0.533. The number of aryl methyl sites for hydroxylation is 1. The van der Waals surface area contributed by atoms with Crippen molar-refractivity contribution >= 4 is 6.09 Å². The zero-order chi connectivity index (χ0) is 14.0. The van der Waals surface area contributed by atoms with Crippen LogP contribution in [0.4, 0.5) is 4.79 Å². The molecule has 1 aromatic carbocycles. The van der Waals surface area contributed by atoms with Crippen molar-refractivity contribution in [1.82, 2.24) is 4.90 Å². The Hall–Kier alpha value is -1.71. The molecule has 0 saturated carbocycles. The second-order valence-corrected chi connectivity index (χ2v) is 5.86. The summed E-state index contributed by atoms with van der Waals surface area (Å²) in [5.41, 5.74) is 1.72. The van der Waals surface area contributed by atoms with Gasteiger partial charge in [-0.3, -0.25) is 0 Å². The fourth-order valence-corrected chi connectivity index (χ4v) is 2.01.